The summed E-state index contributed by atoms with van der Waals surface area (Å²) in [6, 6.07) is 0. The van der Waals surface area contributed by atoms with E-state index in [1.54, 1.807) is 0 Å². The summed E-state index contributed by atoms with van der Waals surface area (Å²) in [6.07, 6.45) is 0.468. The molecule has 222 valence electrons. The molecule has 0 aliphatic rings. The number of carbonyl (C=O) groups is 1. The van der Waals surface area contributed by atoms with Crippen LogP contribution in [0, 0.1) is 0 Å². The third kappa shape index (κ3) is 33.1. The van der Waals surface area contributed by atoms with E-state index >= 15 is 0 Å². The zero-order chi connectivity index (χ0) is 27.5. The lowest BCUT2D eigenvalue weighted by molar-refractivity contribution is -0.156. The summed E-state index contributed by atoms with van der Waals surface area (Å²) in [5.74, 6) is -0.261. The Morgan fingerprint density at radius 1 is 0.486 bits per heavy atom. The summed E-state index contributed by atoms with van der Waals surface area (Å²) in [4.78, 5) is 11.5. The first-order valence-electron chi connectivity index (χ1n) is 13.3. The van der Waals surface area contributed by atoms with Crippen LogP contribution in [-0.2, 0) is 52.2 Å². The van der Waals surface area contributed by atoms with Gasteiger partial charge in [0.1, 0.15) is 5.60 Å². The highest BCUT2D eigenvalue weighted by Gasteiger charge is 2.15. The average Bonchev–Trinajstić information content (AvgIpc) is 2.82. The minimum absolute atomic E-state index is 0.231. The molecule has 0 aromatic heterocycles. The van der Waals surface area contributed by atoms with Gasteiger partial charge >= 0.3 is 5.97 Å². The molecule has 0 aromatic carbocycles. The quantitative estimate of drug-likeness (QED) is 0.108. The Hall–Kier alpha value is -0.890. The van der Waals surface area contributed by atoms with Gasteiger partial charge in [-0.2, -0.15) is 0 Å². The number of rotatable bonds is 28. The number of hydrogen-bond acceptors (Lipinski definition) is 11. The van der Waals surface area contributed by atoms with Crippen LogP contribution in [0.3, 0.4) is 0 Å². The van der Waals surface area contributed by atoms with E-state index in [-0.39, 0.29) is 18.5 Å². The van der Waals surface area contributed by atoms with Crippen molar-refractivity contribution in [3.05, 3.63) is 0 Å². The van der Waals surface area contributed by atoms with Crippen molar-refractivity contribution in [2.24, 2.45) is 0 Å². The standard InChI is InChI=1S/C26H52O11/c1-24(2)36-23-22-35-21-20-34-19-18-33-17-16-32-15-14-31-13-12-30-11-10-29-9-8-28-7-6-25(27)37-26(3,4)5/h24H,6-23H2,1-5H3. The smallest absolute Gasteiger partial charge is 0.308 e. The van der Waals surface area contributed by atoms with Crippen molar-refractivity contribution in [1.29, 1.82) is 0 Å². The summed E-state index contributed by atoms with van der Waals surface area (Å²) in [7, 11) is 0. The van der Waals surface area contributed by atoms with Gasteiger partial charge in [-0.1, -0.05) is 0 Å². The molecule has 0 saturated heterocycles. The van der Waals surface area contributed by atoms with Gasteiger partial charge in [0.05, 0.1) is 125 Å². The van der Waals surface area contributed by atoms with Gasteiger partial charge < -0.3 is 47.4 Å². The van der Waals surface area contributed by atoms with Gasteiger partial charge in [0.25, 0.3) is 0 Å². The highest BCUT2D eigenvalue weighted by atomic mass is 16.6. The van der Waals surface area contributed by atoms with E-state index in [0.29, 0.717) is 112 Å². The van der Waals surface area contributed by atoms with Crippen LogP contribution in [-0.4, -0.2) is 130 Å². The Bertz CT molecular complexity index is 484. The van der Waals surface area contributed by atoms with Crippen molar-refractivity contribution in [1.82, 2.24) is 0 Å². The maximum Gasteiger partial charge on any atom is 0.308 e. The SMILES string of the molecule is CC(C)OCCOCCOCCOCCOCCOCCOCCOCCOCCC(=O)OC(C)(C)C. The molecule has 0 spiro atoms. The Labute approximate surface area is 223 Å². The third-order valence-corrected chi connectivity index (χ3v) is 4.15. The average molecular weight is 541 g/mol. The third-order valence-electron chi connectivity index (χ3n) is 4.15. The fourth-order valence-electron chi connectivity index (χ4n) is 2.53. The molecule has 0 bridgehead atoms. The molecule has 0 aromatic rings. The van der Waals surface area contributed by atoms with Gasteiger partial charge in [-0.3, -0.25) is 4.79 Å². The summed E-state index contributed by atoms with van der Waals surface area (Å²) >= 11 is 0. The monoisotopic (exact) mass is 540 g/mol. The van der Waals surface area contributed by atoms with Crippen LogP contribution in [0.25, 0.3) is 0 Å². The Kier molecular flexibility index (Phi) is 26.1. The van der Waals surface area contributed by atoms with Crippen molar-refractivity contribution in [3.63, 3.8) is 0 Å². The maximum absolute atomic E-state index is 11.5. The van der Waals surface area contributed by atoms with Gasteiger partial charge in [-0.15, -0.1) is 0 Å². The lowest BCUT2D eigenvalue weighted by Crippen LogP contribution is -2.24. The van der Waals surface area contributed by atoms with Crippen LogP contribution in [0.2, 0.25) is 0 Å². The first kappa shape index (κ1) is 36.1. The van der Waals surface area contributed by atoms with E-state index in [1.807, 2.05) is 34.6 Å². The van der Waals surface area contributed by atoms with Crippen molar-refractivity contribution in [3.8, 4) is 0 Å². The normalized spacial score (nSPS) is 11.9. The summed E-state index contributed by atoms with van der Waals surface area (Å²) in [5.41, 5.74) is -0.467. The molecule has 11 nitrogen and oxygen atoms in total. The van der Waals surface area contributed by atoms with Gasteiger partial charge in [0.2, 0.25) is 0 Å². The van der Waals surface area contributed by atoms with Crippen molar-refractivity contribution < 1.29 is 52.2 Å². The van der Waals surface area contributed by atoms with Crippen molar-refractivity contribution in [2.75, 3.05) is 112 Å². The molecule has 37 heavy (non-hydrogen) atoms. The van der Waals surface area contributed by atoms with E-state index < -0.39 is 5.60 Å². The molecule has 0 N–H and O–H groups in total. The Balaban J connectivity index is 3.10. The van der Waals surface area contributed by atoms with Gasteiger partial charge in [-0.25, -0.2) is 0 Å². The zero-order valence-electron chi connectivity index (χ0n) is 23.8. The molecule has 0 amide bonds. The molecule has 0 saturated carbocycles. The fourth-order valence-corrected chi connectivity index (χ4v) is 2.53. The highest BCUT2D eigenvalue weighted by Crippen LogP contribution is 2.08. The van der Waals surface area contributed by atoms with Gasteiger partial charge in [0, 0.05) is 0 Å². The molecule has 0 radical (unpaired) electrons. The van der Waals surface area contributed by atoms with Crippen molar-refractivity contribution >= 4 is 5.97 Å². The molecular formula is C26H52O11. The van der Waals surface area contributed by atoms with Crippen LogP contribution in [0.5, 0.6) is 0 Å². The van der Waals surface area contributed by atoms with E-state index in [4.69, 9.17) is 47.4 Å². The fraction of sp³-hybridized carbons (Fsp3) is 0.962. The van der Waals surface area contributed by atoms with Crippen molar-refractivity contribution in [2.45, 2.75) is 52.7 Å². The summed E-state index contributed by atoms with van der Waals surface area (Å²) in [5, 5.41) is 0. The molecule has 0 aliphatic carbocycles. The maximum atomic E-state index is 11.5. The van der Waals surface area contributed by atoms with E-state index in [9.17, 15) is 4.79 Å². The number of hydrogen-bond donors (Lipinski definition) is 0. The molecule has 0 unspecified atom stereocenters. The van der Waals surface area contributed by atoms with Gasteiger partial charge in [-0.05, 0) is 34.6 Å². The first-order chi connectivity index (χ1) is 17.8. The van der Waals surface area contributed by atoms with Crippen LogP contribution < -0.4 is 0 Å². The topological polar surface area (TPSA) is 109 Å². The van der Waals surface area contributed by atoms with Crippen LogP contribution in [0.15, 0.2) is 0 Å². The predicted molar refractivity (Wildman–Crippen MR) is 138 cm³/mol. The second kappa shape index (κ2) is 26.7. The Morgan fingerprint density at radius 2 is 0.757 bits per heavy atom. The van der Waals surface area contributed by atoms with E-state index in [1.165, 1.54) is 0 Å². The molecule has 0 rings (SSSR count). The minimum Gasteiger partial charge on any atom is -0.460 e. The first-order valence-corrected chi connectivity index (χ1v) is 13.3. The zero-order valence-corrected chi connectivity index (χ0v) is 23.8. The molecular weight excluding hydrogens is 488 g/mol. The predicted octanol–water partition coefficient (Wildman–Crippen LogP) is 2.28. The minimum atomic E-state index is -0.467. The number of carbonyl (C=O) groups excluding carboxylic acids is 1. The highest BCUT2D eigenvalue weighted by molar-refractivity contribution is 5.69. The van der Waals surface area contributed by atoms with Gasteiger partial charge in [0.15, 0.2) is 0 Å². The summed E-state index contributed by atoms with van der Waals surface area (Å²) in [6.45, 7) is 18.1. The molecule has 11 heteroatoms. The largest absolute Gasteiger partial charge is 0.460 e. The van der Waals surface area contributed by atoms with E-state index in [2.05, 4.69) is 0 Å². The summed E-state index contributed by atoms with van der Waals surface area (Å²) < 4.78 is 53.9. The van der Waals surface area contributed by atoms with E-state index in [0.717, 1.165) is 0 Å². The van der Waals surface area contributed by atoms with Crippen LogP contribution in [0.4, 0.5) is 0 Å². The second-order valence-electron chi connectivity index (χ2n) is 9.15. The molecule has 0 heterocycles. The lowest BCUT2D eigenvalue weighted by Gasteiger charge is -2.19. The lowest BCUT2D eigenvalue weighted by atomic mass is 10.2. The van der Waals surface area contributed by atoms with Crippen LogP contribution in [0.1, 0.15) is 41.0 Å². The van der Waals surface area contributed by atoms with Crippen LogP contribution >= 0.6 is 0 Å². The number of esters is 1. The molecule has 0 fully saturated rings. The molecule has 0 aliphatic heterocycles. The second-order valence-corrected chi connectivity index (χ2v) is 9.15. The molecule has 0 atom stereocenters. The Morgan fingerprint density at radius 3 is 1.03 bits per heavy atom. The number of ether oxygens (including phenoxy) is 10.